The number of rotatable bonds is 8. The summed E-state index contributed by atoms with van der Waals surface area (Å²) in [5.74, 6) is 0. The monoisotopic (exact) mass is 458 g/mol. The van der Waals surface area contributed by atoms with E-state index in [1.54, 1.807) is 16.7 Å². The first kappa shape index (κ1) is 21.6. The topological polar surface area (TPSA) is 0 Å². The van der Waals surface area contributed by atoms with Crippen molar-refractivity contribution in [2.24, 2.45) is 0 Å². The molecule has 34 heavy (non-hydrogen) atoms. The average Bonchev–Trinajstić information content (AvgIpc) is 3.62. The molecule has 0 saturated heterocycles. The van der Waals surface area contributed by atoms with E-state index in [2.05, 4.69) is 116 Å². The summed E-state index contributed by atoms with van der Waals surface area (Å²) in [5, 5.41) is 0. The largest absolute Gasteiger partial charge is 0.0888 e. The van der Waals surface area contributed by atoms with Gasteiger partial charge in [-0.25, -0.2) is 0 Å². The minimum atomic E-state index is -2.06. The predicted octanol–water partition coefficient (Wildman–Crippen LogP) is 9.06. The lowest BCUT2D eigenvalue weighted by molar-refractivity contribution is 0.687. The normalized spacial score (nSPS) is 23.0. The lowest BCUT2D eigenvalue weighted by atomic mass is 10.1. The van der Waals surface area contributed by atoms with Crippen LogP contribution in [0.15, 0.2) is 91.0 Å². The smallest absolute Gasteiger partial charge is 0.0790 e. The van der Waals surface area contributed by atoms with E-state index >= 15 is 0 Å². The van der Waals surface area contributed by atoms with E-state index in [1.165, 1.54) is 48.4 Å². The summed E-state index contributed by atoms with van der Waals surface area (Å²) in [6.07, 6.45) is 20.4. The SMILES string of the molecule is CCCCCC[Si](C1C=Cc2ccccc21)(C1C=Cc2ccccc21)C1C=Cc2ccccc21. The number of benzene rings is 3. The number of hydrogen-bond donors (Lipinski definition) is 0. The van der Waals surface area contributed by atoms with Crippen LogP contribution in [-0.2, 0) is 0 Å². The molecule has 0 heterocycles. The molecule has 3 atom stereocenters. The molecule has 0 aromatic heterocycles. The highest BCUT2D eigenvalue weighted by molar-refractivity contribution is 6.85. The van der Waals surface area contributed by atoms with Gasteiger partial charge in [0.1, 0.15) is 0 Å². The fourth-order valence-corrected chi connectivity index (χ4v) is 13.9. The Hall–Kier alpha value is -2.90. The molecule has 3 unspecified atom stereocenters. The molecule has 3 aromatic carbocycles. The number of unbranched alkanes of at least 4 members (excludes halogenated alkanes) is 3. The number of allylic oxidation sites excluding steroid dienone is 3. The summed E-state index contributed by atoms with van der Waals surface area (Å²) >= 11 is 0. The van der Waals surface area contributed by atoms with Gasteiger partial charge in [-0.05, 0) is 50.0 Å². The summed E-state index contributed by atoms with van der Waals surface area (Å²) in [6, 6.07) is 28.9. The first-order valence-corrected chi connectivity index (χ1v) is 15.6. The van der Waals surface area contributed by atoms with Gasteiger partial charge in [-0.3, -0.25) is 0 Å². The van der Waals surface area contributed by atoms with E-state index in [0.717, 1.165) is 0 Å². The molecule has 1 heteroatoms. The van der Waals surface area contributed by atoms with Crippen molar-refractivity contribution in [3.63, 3.8) is 0 Å². The molecule has 170 valence electrons. The second-order valence-corrected chi connectivity index (χ2v) is 14.9. The number of hydrogen-bond acceptors (Lipinski definition) is 0. The van der Waals surface area contributed by atoms with E-state index in [-0.39, 0.29) is 0 Å². The highest BCUT2D eigenvalue weighted by atomic mass is 28.3. The van der Waals surface area contributed by atoms with E-state index in [9.17, 15) is 0 Å². The Bertz CT molecular complexity index is 1130. The molecule has 0 aliphatic heterocycles. The standard InChI is InChI=1S/C33H34Si/c1-2-3-4-11-24-34(31-21-18-25-12-5-8-15-28(25)31,32-22-19-26-13-6-9-16-29(26)32)33-23-20-27-14-7-10-17-30(27)33/h5-10,12-23,31-33H,2-4,11,24H2,1H3. The van der Waals surface area contributed by atoms with Crippen molar-refractivity contribution in [1.82, 2.24) is 0 Å². The highest BCUT2D eigenvalue weighted by Crippen LogP contribution is 2.57. The van der Waals surface area contributed by atoms with Crippen molar-refractivity contribution in [3.8, 4) is 0 Å². The van der Waals surface area contributed by atoms with Crippen molar-refractivity contribution in [3.05, 3.63) is 124 Å². The van der Waals surface area contributed by atoms with Gasteiger partial charge in [-0.1, -0.05) is 148 Å². The second kappa shape index (κ2) is 9.04. The van der Waals surface area contributed by atoms with Gasteiger partial charge in [0.05, 0.1) is 8.07 Å². The maximum atomic E-state index is 2.60. The van der Waals surface area contributed by atoms with Crippen molar-refractivity contribution in [2.75, 3.05) is 0 Å². The van der Waals surface area contributed by atoms with Crippen LogP contribution in [0.4, 0.5) is 0 Å². The molecule has 3 aliphatic rings. The van der Waals surface area contributed by atoms with Crippen LogP contribution in [0.2, 0.25) is 6.04 Å². The van der Waals surface area contributed by atoms with Gasteiger partial charge in [0.25, 0.3) is 0 Å². The Morgan fingerprint density at radius 3 is 1.35 bits per heavy atom. The van der Waals surface area contributed by atoms with Crippen molar-refractivity contribution < 1.29 is 0 Å². The minimum Gasteiger partial charge on any atom is -0.0790 e. The van der Waals surface area contributed by atoms with E-state index in [0.29, 0.717) is 16.6 Å². The molecular formula is C33H34Si. The van der Waals surface area contributed by atoms with Crippen LogP contribution in [0.1, 0.15) is 82.6 Å². The van der Waals surface area contributed by atoms with Gasteiger partial charge in [0, 0.05) is 0 Å². The van der Waals surface area contributed by atoms with E-state index in [4.69, 9.17) is 0 Å². The first-order valence-electron chi connectivity index (χ1n) is 13.1. The zero-order valence-electron chi connectivity index (χ0n) is 20.2. The average molecular weight is 459 g/mol. The van der Waals surface area contributed by atoms with Crippen LogP contribution in [0, 0.1) is 0 Å². The fraction of sp³-hybridized carbons (Fsp3) is 0.273. The molecule has 0 saturated carbocycles. The van der Waals surface area contributed by atoms with Crippen LogP contribution in [0.25, 0.3) is 18.2 Å². The van der Waals surface area contributed by atoms with Gasteiger partial charge >= 0.3 is 0 Å². The third kappa shape index (κ3) is 3.41. The Morgan fingerprint density at radius 1 is 0.529 bits per heavy atom. The zero-order chi connectivity index (χ0) is 23.0. The zero-order valence-corrected chi connectivity index (χ0v) is 21.2. The summed E-state index contributed by atoms with van der Waals surface area (Å²) in [5.41, 5.74) is 10.6. The van der Waals surface area contributed by atoms with Crippen LogP contribution in [0.5, 0.6) is 0 Å². The van der Waals surface area contributed by atoms with Crippen molar-refractivity contribution in [2.45, 2.75) is 55.3 Å². The van der Waals surface area contributed by atoms with Crippen molar-refractivity contribution in [1.29, 1.82) is 0 Å². The first-order chi connectivity index (χ1) is 16.8. The van der Waals surface area contributed by atoms with Crippen LogP contribution in [-0.4, -0.2) is 8.07 Å². The van der Waals surface area contributed by atoms with Crippen LogP contribution in [0.3, 0.4) is 0 Å². The molecule has 3 aromatic rings. The molecule has 0 fully saturated rings. The molecular weight excluding hydrogens is 424 g/mol. The van der Waals surface area contributed by atoms with Crippen LogP contribution < -0.4 is 0 Å². The molecule has 0 radical (unpaired) electrons. The fourth-order valence-electron chi connectivity index (χ4n) is 7.06. The molecule has 0 bridgehead atoms. The number of fused-ring (bicyclic) bond motifs is 3. The van der Waals surface area contributed by atoms with E-state index in [1.807, 2.05) is 0 Å². The lowest BCUT2D eigenvalue weighted by Crippen LogP contribution is -2.51. The predicted molar refractivity (Wildman–Crippen MR) is 149 cm³/mol. The molecule has 0 N–H and O–H groups in total. The van der Waals surface area contributed by atoms with Crippen LogP contribution >= 0.6 is 0 Å². The Labute approximate surface area is 205 Å². The van der Waals surface area contributed by atoms with E-state index < -0.39 is 8.07 Å². The Kier molecular flexibility index (Phi) is 5.75. The highest BCUT2D eigenvalue weighted by Gasteiger charge is 2.54. The molecule has 6 rings (SSSR count). The maximum absolute atomic E-state index is 2.60. The minimum absolute atomic E-state index is 0.534. The quantitative estimate of drug-likeness (QED) is 0.233. The second-order valence-electron chi connectivity index (χ2n) is 10.3. The molecule has 0 spiro atoms. The molecule has 0 amide bonds. The van der Waals surface area contributed by atoms with Crippen molar-refractivity contribution >= 4 is 26.3 Å². The van der Waals surface area contributed by atoms with Gasteiger partial charge in [-0.15, -0.1) is 0 Å². The Balaban J connectivity index is 1.56. The summed E-state index contributed by atoms with van der Waals surface area (Å²) in [4.78, 5) is 0. The van der Waals surface area contributed by atoms with Gasteiger partial charge in [0.2, 0.25) is 0 Å². The maximum Gasteiger partial charge on any atom is 0.0888 e. The molecule has 3 aliphatic carbocycles. The van der Waals surface area contributed by atoms with Gasteiger partial charge in [-0.2, -0.15) is 0 Å². The lowest BCUT2D eigenvalue weighted by Gasteiger charge is -2.46. The molecule has 0 nitrogen and oxygen atoms in total. The summed E-state index contributed by atoms with van der Waals surface area (Å²) < 4.78 is 0. The summed E-state index contributed by atoms with van der Waals surface area (Å²) in [6.45, 7) is 2.33. The third-order valence-corrected chi connectivity index (χ3v) is 14.8. The Morgan fingerprint density at radius 2 is 0.941 bits per heavy atom. The van der Waals surface area contributed by atoms with Gasteiger partial charge in [0.15, 0.2) is 0 Å². The van der Waals surface area contributed by atoms with Gasteiger partial charge < -0.3 is 0 Å². The third-order valence-electron chi connectivity index (χ3n) is 8.60. The summed E-state index contributed by atoms with van der Waals surface area (Å²) in [7, 11) is -2.06.